The molecule has 2 aromatic rings. The molecule has 0 aliphatic carbocycles. The van der Waals surface area contributed by atoms with E-state index >= 15 is 0 Å². The highest BCUT2D eigenvalue weighted by Gasteiger charge is 2.39. The molecule has 2 N–H and O–H groups in total. The topological polar surface area (TPSA) is 98.9 Å². The molecule has 1 aliphatic heterocycles. The van der Waals surface area contributed by atoms with Gasteiger partial charge in [-0.3, -0.25) is 0 Å². The summed E-state index contributed by atoms with van der Waals surface area (Å²) in [6.07, 6.45) is 2.98. The Morgan fingerprint density at radius 2 is 1.70 bits per heavy atom. The number of carbonyl (C=O) groups excluding carboxylic acids is 1. The summed E-state index contributed by atoms with van der Waals surface area (Å²) >= 11 is 0. The van der Waals surface area contributed by atoms with Crippen LogP contribution in [-0.2, 0) is 19.6 Å². The van der Waals surface area contributed by atoms with Gasteiger partial charge < -0.3 is 15.2 Å². The van der Waals surface area contributed by atoms with E-state index in [0.717, 1.165) is 17.2 Å². The van der Waals surface area contributed by atoms with Crippen molar-refractivity contribution in [3.05, 3.63) is 77.5 Å². The van der Waals surface area contributed by atoms with Gasteiger partial charge in [-0.25, -0.2) is 13.2 Å². The maximum absolute atomic E-state index is 13.5. The van der Waals surface area contributed by atoms with Gasteiger partial charge in [0.1, 0.15) is 11.4 Å². The van der Waals surface area contributed by atoms with E-state index in [1.54, 1.807) is 64.3 Å². The number of hydrogen-bond donors (Lipinski definition) is 1. The fraction of sp³-hybridized carbons (Fsp3) is 0.320. The third kappa shape index (κ3) is 5.64. The highest BCUT2D eigenvalue weighted by atomic mass is 32.2. The van der Waals surface area contributed by atoms with Gasteiger partial charge in [0, 0.05) is 18.3 Å². The van der Waals surface area contributed by atoms with Gasteiger partial charge in [-0.1, -0.05) is 35.9 Å². The van der Waals surface area contributed by atoms with Crippen LogP contribution in [0.3, 0.4) is 0 Å². The van der Waals surface area contributed by atoms with Gasteiger partial charge in [-0.15, -0.1) is 0 Å². The number of benzene rings is 2. The zero-order valence-corrected chi connectivity index (χ0v) is 20.3. The van der Waals surface area contributed by atoms with Crippen molar-refractivity contribution >= 4 is 21.6 Å². The van der Waals surface area contributed by atoms with Crippen LogP contribution in [-0.4, -0.2) is 44.0 Å². The predicted molar refractivity (Wildman–Crippen MR) is 128 cm³/mol. The van der Waals surface area contributed by atoms with E-state index in [0.29, 0.717) is 11.3 Å². The van der Waals surface area contributed by atoms with Crippen LogP contribution in [0.1, 0.15) is 31.9 Å². The lowest BCUT2D eigenvalue weighted by molar-refractivity contribution is -0.148. The number of ether oxygens (including phenoxy) is 2. The van der Waals surface area contributed by atoms with Gasteiger partial charge in [0.2, 0.25) is 10.0 Å². The summed E-state index contributed by atoms with van der Waals surface area (Å²) in [5.41, 5.74) is 8.16. The van der Waals surface area contributed by atoms with Crippen LogP contribution in [0.5, 0.6) is 5.75 Å². The van der Waals surface area contributed by atoms with Crippen LogP contribution in [0.25, 0.3) is 5.57 Å². The molecule has 0 saturated carbocycles. The van der Waals surface area contributed by atoms with E-state index < -0.39 is 27.6 Å². The second kappa shape index (κ2) is 9.41. The van der Waals surface area contributed by atoms with Crippen LogP contribution in [0.2, 0.25) is 0 Å². The molecular formula is C25H30N2O5S. The van der Waals surface area contributed by atoms with E-state index in [2.05, 4.69) is 0 Å². The number of rotatable bonds is 6. The highest BCUT2D eigenvalue weighted by molar-refractivity contribution is 7.89. The second-order valence-corrected chi connectivity index (χ2v) is 10.7. The van der Waals surface area contributed by atoms with Crippen LogP contribution in [0.15, 0.2) is 71.3 Å². The smallest absolute Gasteiger partial charge is 0.333 e. The third-order valence-electron chi connectivity index (χ3n) is 5.13. The number of aryl methyl sites for hydroxylation is 1. The normalized spacial score (nSPS) is 17.5. The summed E-state index contributed by atoms with van der Waals surface area (Å²) in [5, 5.41) is 0. The number of methoxy groups -OCH3 is 1. The Labute approximate surface area is 195 Å². The van der Waals surface area contributed by atoms with E-state index in [1.807, 2.05) is 25.1 Å². The number of nitrogens with zero attached hydrogens (tertiary/aromatic N) is 1. The number of sulfonamides is 1. The molecule has 7 nitrogen and oxygen atoms in total. The van der Waals surface area contributed by atoms with Gasteiger partial charge in [-0.2, -0.15) is 4.31 Å². The average molecular weight is 471 g/mol. The summed E-state index contributed by atoms with van der Waals surface area (Å²) in [6, 6.07) is 13.0. The number of nitrogens with two attached hydrogens (primary N) is 1. The Morgan fingerprint density at radius 3 is 2.24 bits per heavy atom. The van der Waals surface area contributed by atoms with E-state index in [-0.39, 0.29) is 17.1 Å². The van der Waals surface area contributed by atoms with Crippen molar-refractivity contribution in [3.8, 4) is 5.75 Å². The Bertz CT molecular complexity index is 1170. The van der Waals surface area contributed by atoms with Crippen molar-refractivity contribution in [1.29, 1.82) is 0 Å². The molecule has 1 unspecified atom stereocenters. The first-order valence-corrected chi connectivity index (χ1v) is 12.0. The van der Waals surface area contributed by atoms with Crippen molar-refractivity contribution in [2.45, 2.75) is 44.2 Å². The molecule has 1 heterocycles. The molecule has 0 aromatic heterocycles. The lowest BCUT2D eigenvalue weighted by atomic mass is 9.98. The summed E-state index contributed by atoms with van der Waals surface area (Å²) in [4.78, 5) is 12.6. The Balaban J connectivity index is 2.04. The summed E-state index contributed by atoms with van der Waals surface area (Å²) in [5.74, 6) is 0.0453. The molecule has 0 radical (unpaired) electrons. The Kier molecular flexibility index (Phi) is 7.00. The van der Waals surface area contributed by atoms with E-state index in [1.165, 1.54) is 4.31 Å². The maximum Gasteiger partial charge on any atom is 0.333 e. The average Bonchev–Trinajstić information content (AvgIpc) is 3.19. The first-order chi connectivity index (χ1) is 15.4. The largest absolute Gasteiger partial charge is 0.497 e. The predicted octanol–water partition coefficient (Wildman–Crippen LogP) is 3.64. The van der Waals surface area contributed by atoms with E-state index in [9.17, 15) is 13.2 Å². The molecular weight excluding hydrogens is 440 g/mol. The van der Waals surface area contributed by atoms with Gasteiger partial charge in [0.25, 0.3) is 0 Å². The van der Waals surface area contributed by atoms with Crippen LogP contribution >= 0.6 is 0 Å². The Morgan fingerprint density at radius 1 is 1.09 bits per heavy atom. The SMILES string of the molecule is COc1ccc(C2=CCN(S(=O)(=O)c3ccc(C)cc3)C2/C(N)=C/C(=O)OC(C)(C)C)cc1. The van der Waals surface area contributed by atoms with Gasteiger partial charge in [0.15, 0.2) is 0 Å². The highest BCUT2D eigenvalue weighted by Crippen LogP contribution is 2.35. The zero-order chi connectivity index (χ0) is 24.4. The third-order valence-corrected chi connectivity index (χ3v) is 6.98. The number of hydrogen-bond acceptors (Lipinski definition) is 6. The zero-order valence-electron chi connectivity index (χ0n) is 19.5. The number of esters is 1. The monoisotopic (exact) mass is 470 g/mol. The molecule has 0 saturated heterocycles. The quantitative estimate of drug-likeness (QED) is 0.511. The molecule has 1 aliphatic rings. The molecule has 0 fully saturated rings. The van der Waals surface area contributed by atoms with Crippen LogP contribution in [0, 0.1) is 6.92 Å². The minimum absolute atomic E-state index is 0.0829. The molecule has 0 bridgehead atoms. The molecule has 0 amide bonds. The summed E-state index contributed by atoms with van der Waals surface area (Å²) < 4.78 is 38.9. The molecule has 176 valence electrons. The minimum Gasteiger partial charge on any atom is -0.497 e. The van der Waals surface area contributed by atoms with Gasteiger partial charge in [0.05, 0.1) is 18.0 Å². The Hall–Kier alpha value is -3.10. The minimum atomic E-state index is -3.89. The maximum atomic E-state index is 13.5. The van der Waals surface area contributed by atoms with E-state index in [4.69, 9.17) is 15.2 Å². The summed E-state index contributed by atoms with van der Waals surface area (Å²) in [7, 11) is -2.32. The first-order valence-electron chi connectivity index (χ1n) is 10.6. The van der Waals surface area contributed by atoms with Crippen molar-refractivity contribution < 1.29 is 22.7 Å². The second-order valence-electron chi connectivity index (χ2n) is 8.86. The van der Waals surface area contributed by atoms with Gasteiger partial charge in [-0.05, 0) is 63.1 Å². The molecule has 0 spiro atoms. The van der Waals surface area contributed by atoms with Crippen molar-refractivity contribution in [1.82, 2.24) is 4.31 Å². The number of carbonyl (C=O) groups is 1. The summed E-state index contributed by atoms with van der Waals surface area (Å²) in [6.45, 7) is 7.26. The molecule has 1 atom stereocenters. The first kappa shape index (κ1) is 24.5. The van der Waals surface area contributed by atoms with Crippen LogP contribution in [0.4, 0.5) is 0 Å². The molecule has 8 heteroatoms. The standard InChI is InChI=1S/C25H30N2O5S/c1-17-6-12-20(13-7-17)33(29,30)27-15-14-21(18-8-10-19(31-5)11-9-18)24(27)22(26)16-23(28)32-25(2,3)4/h6-14,16,24H,15,26H2,1-5H3/b22-16-. The molecule has 3 rings (SSSR count). The van der Waals surface area contributed by atoms with Crippen molar-refractivity contribution in [3.63, 3.8) is 0 Å². The molecule has 2 aromatic carbocycles. The van der Waals surface area contributed by atoms with Crippen LogP contribution < -0.4 is 10.5 Å². The fourth-order valence-corrected chi connectivity index (χ4v) is 5.13. The van der Waals surface area contributed by atoms with Crippen molar-refractivity contribution in [2.75, 3.05) is 13.7 Å². The fourth-order valence-electron chi connectivity index (χ4n) is 3.59. The lowest BCUT2D eigenvalue weighted by Crippen LogP contribution is -2.40. The van der Waals surface area contributed by atoms with Gasteiger partial charge >= 0.3 is 5.97 Å². The lowest BCUT2D eigenvalue weighted by Gasteiger charge is -2.27. The van der Waals surface area contributed by atoms with Crippen molar-refractivity contribution in [2.24, 2.45) is 5.73 Å². The molecule has 33 heavy (non-hydrogen) atoms.